The summed E-state index contributed by atoms with van der Waals surface area (Å²) in [6.45, 7) is 1.65. The van der Waals surface area contributed by atoms with Crippen LogP contribution < -0.4 is 5.32 Å². The number of thioether (sulfide) groups is 1. The fourth-order valence-corrected chi connectivity index (χ4v) is 6.45. The molecule has 0 aliphatic heterocycles. The molecule has 0 amide bonds. The molecule has 1 aliphatic rings. The quantitative estimate of drug-likeness (QED) is 0.149. The summed E-state index contributed by atoms with van der Waals surface area (Å²) in [7, 11) is -2.51. The number of unbranched alkanes of at least 4 members (excludes halogenated alkanes) is 1. The van der Waals surface area contributed by atoms with Gasteiger partial charge in [0.2, 0.25) is 0 Å². The Morgan fingerprint density at radius 2 is 1.91 bits per heavy atom. The van der Waals surface area contributed by atoms with Crippen LogP contribution in [-0.4, -0.2) is 23.8 Å². The lowest BCUT2D eigenvalue weighted by Crippen LogP contribution is -2.30. The molecule has 3 rings (SSSR count). The van der Waals surface area contributed by atoms with E-state index in [1.165, 1.54) is 19.3 Å². The highest BCUT2D eigenvalue weighted by Crippen LogP contribution is 2.44. The Labute approximate surface area is 213 Å². The fraction of sp³-hybridized carbons (Fsp3) is 0.538. The number of halogens is 2. The van der Waals surface area contributed by atoms with Gasteiger partial charge in [-0.2, -0.15) is 0 Å². The molecule has 186 valence electrons. The molecule has 1 fully saturated rings. The third-order valence-electron chi connectivity index (χ3n) is 6.59. The van der Waals surface area contributed by atoms with Crippen LogP contribution in [0, 0.1) is 5.82 Å². The van der Waals surface area contributed by atoms with E-state index in [9.17, 15) is 8.96 Å². The first-order chi connectivity index (χ1) is 16.5. The average molecular weight is 527 g/mol. The van der Waals surface area contributed by atoms with Crippen molar-refractivity contribution >= 4 is 31.6 Å². The van der Waals surface area contributed by atoms with Crippen molar-refractivity contribution in [3.05, 3.63) is 64.4 Å². The molecule has 2 aromatic rings. The normalized spacial score (nSPS) is 15.9. The van der Waals surface area contributed by atoms with Crippen LogP contribution in [0.5, 0.6) is 0 Å². The molecule has 0 heterocycles. The van der Waals surface area contributed by atoms with Crippen LogP contribution in [0.3, 0.4) is 0 Å². The number of benzene rings is 2. The van der Waals surface area contributed by atoms with Crippen molar-refractivity contribution in [2.45, 2.75) is 74.6 Å². The molecule has 1 saturated carbocycles. The molecular formula is C26H35ClFNO3PS+. The summed E-state index contributed by atoms with van der Waals surface area (Å²) in [6, 6.07) is 13.5. The van der Waals surface area contributed by atoms with Gasteiger partial charge in [-0.1, -0.05) is 61.5 Å². The Bertz CT molecular complexity index is 927. The molecule has 0 aromatic heterocycles. The van der Waals surface area contributed by atoms with E-state index in [1.54, 1.807) is 23.9 Å². The van der Waals surface area contributed by atoms with Crippen molar-refractivity contribution in [2.75, 3.05) is 18.9 Å². The molecule has 2 aromatic carbocycles. The van der Waals surface area contributed by atoms with Gasteiger partial charge in [-0.3, -0.25) is 0 Å². The third-order valence-corrected chi connectivity index (χ3v) is 8.58. The Morgan fingerprint density at radius 1 is 1.12 bits per heavy atom. The minimum absolute atomic E-state index is 0.00235. The van der Waals surface area contributed by atoms with E-state index in [1.807, 2.05) is 18.2 Å². The zero-order valence-electron chi connectivity index (χ0n) is 19.6. The van der Waals surface area contributed by atoms with Crippen LogP contribution in [0.15, 0.2) is 47.4 Å². The molecule has 0 radical (unpaired) electrons. The van der Waals surface area contributed by atoms with Gasteiger partial charge in [0.05, 0.1) is 5.02 Å². The lowest BCUT2D eigenvalue weighted by molar-refractivity contribution is 0.260. The first-order valence-corrected chi connectivity index (χ1v) is 14.7. The molecule has 0 bridgehead atoms. The largest absolute Gasteiger partial charge is 0.694 e. The van der Waals surface area contributed by atoms with Crippen molar-refractivity contribution in [3.8, 4) is 0 Å². The third kappa shape index (κ3) is 8.58. The van der Waals surface area contributed by atoms with Crippen molar-refractivity contribution in [2.24, 2.45) is 0 Å². The van der Waals surface area contributed by atoms with E-state index in [0.717, 1.165) is 58.9 Å². The highest BCUT2D eigenvalue weighted by Gasteiger charge is 2.35. The van der Waals surface area contributed by atoms with Crippen molar-refractivity contribution in [1.29, 1.82) is 0 Å². The maximum absolute atomic E-state index is 14.6. The van der Waals surface area contributed by atoms with E-state index in [-0.39, 0.29) is 17.8 Å². The smallest absolute Gasteiger partial charge is 0.313 e. The zero-order chi connectivity index (χ0) is 24.2. The second-order valence-corrected chi connectivity index (χ2v) is 11.3. The van der Waals surface area contributed by atoms with E-state index in [0.29, 0.717) is 19.5 Å². The highest BCUT2D eigenvalue weighted by molar-refractivity contribution is 7.99. The maximum Gasteiger partial charge on any atom is 0.694 e. The molecule has 1 aliphatic carbocycles. The lowest BCUT2D eigenvalue weighted by atomic mass is 9.66. The van der Waals surface area contributed by atoms with Crippen LogP contribution in [0.1, 0.15) is 68.9 Å². The van der Waals surface area contributed by atoms with Gasteiger partial charge in [-0.25, -0.2) is 4.39 Å². The molecule has 4 nitrogen and oxygen atoms in total. The second-order valence-electron chi connectivity index (χ2n) is 8.99. The van der Waals surface area contributed by atoms with Crippen molar-refractivity contribution < 1.29 is 18.4 Å². The summed E-state index contributed by atoms with van der Waals surface area (Å²) in [5, 5.41) is 4.05. The molecule has 8 heteroatoms. The molecule has 2 N–H and O–H groups in total. The minimum atomic E-state index is -2.51. The molecule has 1 atom stereocenters. The number of rotatable bonds is 14. The summed E-state index contributed by atoms with van der Waals surface area (Å²) in [5.74, 6) is 0.952. The lowest BCUT2D eigenvalue weighted by Gasteiger charge is -2.38. The monoisotopic (exact) mass is 526 g/mol. The van der Waals surface area contributed by atoms with Gasteiger partial charge in [0.1, 0.15) is 12.4 Å². The predicted octanol–water partition coefficient (Wildman–Crippen LogP) is 7.79. The van der Waals surface area contributed by atoms with Crippen LogP contribution in [-0.2, 0) is 21.0 Å². The summed E-state index contributed by atoms with van der Waals surface area (Å²) in [4.78, 5) is 9.69. The maximum atomic E-state index is 14.6. The number of nitrogens with one attached hydrogen (secondary N) is 1. The molecule has 1 unspecified atom stereocenters. The second kappa shape index (κ2) is 14.5. The Balaban J connectivity index is 1.41. The first kappa shape index (κ1) is 27.6. The summed E-state index contributed by atoms with van der Waals surface area (Å²) >= 11 is 8.29. The van der Waals surface area contributed by atoms with Gasteiger partial charge < -0.3 is 5.32 Å². The summed E-state index contributed by atoms with van der Waals surface area (Å²) < 4.78 is 29.7. The number of hydrogen-bond acceptors (Lipinski definition) is 4. The van der Waals surface area contributed by atoms with Gasteiger partial charge in [0, 0.05) is 16.0 Å². The van der Waals surface area contributed by atoms with Gasteiger partial charge in [0.25, 0.3) is 0 Å². The van der Waals surface area contributed by atoms with Crippen molar-refractivity contribution in [3.63, 3.8) is 0 Å². The van der Waals surface area contributed by atoms with Gasteiger partial charge in [-0.05, 0) is 79.1 Å². The van der Waals surface area contributed by atoms with Crippen LogP contribution in [0.2, 0.25) is 5.02 Å². The van der Waals surface area contributed by atoms with Crippen LogP contribution >= 0.6 is 31.6 Å². The van der Waals surface area contributed by atoms with E-state index >= 15 is 0 Å². The molecular weight excluding hydrogens is 492 g/mol. The van der Waals surface area contributed by atoms with Gasteiger partial charge in [0.15, 0.2) is 0 Å². The molecule has 34 heavy (non-hydrogen) atoms. The summed E-state index contributed by atoms with van der Waals surface area (Å²) in [5.41, 5.74) is 2.03. The Hall–Kier alpha value is -1.01. The SMILES string of the molecule is O=[P+](O)OCCCNCc1ccc(SCCCCC2(c3ccccc3F)CCCCC2)c(Cl)c1. The predicted molar refractivity (Wildman–Crippen MR) is 139 cm³/mol. The number of hydrogen-bond donors (Lipinski definition) is 2. The van der Waals surface area contributed by atoms with Crippen LogP contribution in [0.25, 0.3) is 0 Å². The topological polar surface area (TPSA) is 58.6 Å². The molecule has 0 spiro atoms. The molecule has 0 saturated heterocycles. The standard InChI is InChI=1S/C26H34ClFNO3PS/c27-23-19-21(20-29-16-8-17-32-33(30)31)11-12-25(23)34-18-7-6-15-26(13-4-1-5-14-26)22-9-2-3-10-24(22)28/h2-3,9-12,19,29H,1,4-8,13-18,20H2/p+1. The Morgan fingerprint density at radius 3 is 2.65 bits per heavy atom. The summed E-state index contributed by atoms with van der Waals surface area (Å²) in [6.07, 6.45) is 9.73. The van der Waals surface area contributed by atoms with Crippen molar-refractivity contribution in [1.82, 2.24) is 5.32 Å². The highest BCUT2D eigenvalue weighted by atomic mass is 35.5. The Kier molecular flexibility index (Phi) is 11.8. The van der Waals surface area contributed by atoms with E-state index < -0.39 is 8.25 Å². The first-order valence-electron chi connectivity index (χ1n) is 12.2. The fourth-order valence-electron chi connectivity index (χ4n) is 4.87. The van der Waals surface area contributed by atoms with E-state index in [4.69, 9.17) is 16.5 Å². The van der Waals surface area contributed by atoms with Gasteiger partial charge >= 0.3 is 8.25 Å². The van der Waals surface area contributed by atoms with E-state index in [2.05, 4.69) is 22.0 Å². The van der Waals surface area contributed by atoms with Gasteiger partial charge in [-0.15, -0.1) is 21.2 Å². The van der Waals surface area contributed by atoms with Crippen LogP contribution in [0.4, 0.5) is 4.39 Å². The zero-order valence-corrected chi connectivity index (χ0v) is 22.1. The minimum Gasteiger partial charge on any atom is -0.313 e. The average Bonchev–Trinajstić information content (AvgIpc) is 2.83.